The summed E-state index contributed by atoms with van der Waals surface area (Å²) >= 11 is 14.5. The highest BCUT2D eigenvalue weighted by Crippen LogP contribution is 2.41. The Hall–Kier alpha value is 0.360. The molecule has 0 saturated heterocycles. The van der Waals surface area contributed by atoms with E-state index in [1.54, 1.807) is 0 Å². The minimum absolute atomic E-state index is 0.0192. The predicted molar refractivity (Wildman–Crippen MR) is 110 cm³/mol. The van der Waals surface area contributed by atoms with Crippen LogP contribution in [0.5, 0.6) is 0 Å². The topological polar surface area (TPSA) is 0 Å². The molecule has 0 aliphatic rings. The zero-order chi connectivity index (χ0) is 16.3. The van der Waals surface area contributed by atoms with Gasteiger partial charge in [-0.2, -0.15) is 0 Å². The van der Waals surface area contributed by atoms with Gasteiger partial charge in [0, 0.05) is 23.3 Å². The first kappa shape index (κ1) is 18.7. The normalized spacial score (nSPS) is 11.7. The van der Waals surface area contributed by atoms with Crippen molar-refractivity contribution in [2.45, 2.75) is 38.5 Å². The molecule has 0 amide bonds. The van der Waals surface area contributed by atoms with Crippen LogP contribution >= 0.6 is 63.7 Å². The average Bonchev–Trinajstić information content (AvgIpc) is 2.42. The molecule has 2 rings (SSSR count). The summed E-state index contributed by atoms with van der Waals surface area (Å²) < 4.78 is 4.42. The fraction of sp³-hybridized carbons (Fsp3) is 0.333. The van der Waals surface area contributed by atoms with E-state index in [2.05, 4.69) is 114 Å². The van der Waals surface area contributed by atoms with E-state index in [1.165, 1.54) is 24.0 Å². The van der Waals surface area contributed by atoms with Crippen LogP contribution in [-0.4, -0.2) is 0 Å². The zero-order valence-corrected chi connectivity index (χ0v) is 18.9. The Kier molecular flexibility index (Phi) is 6.76. The van der Waals surface area contributed by atoms with Crippen LogP contribution in [0.4, 0.5) is 0 Å². The molecule has 0 unspecified atom stereocenters. The third-order valence-electron chi connectivity index (χ3n) is 4.03. The van der Waals surface area contributed by atoms with Crippen molar-refractivity contribution in [3.05, 3.63) is 65.4 Å². The minimum Gasteiger partial charge on any atom is -0.0654 e. The molecule has 2 aromatic rings. The van der Waals surface area contributed by atoms with E-state index in [4.69, 9.17) is 0 Å². The quantitative estimate of drug-likeness (QED) is 0.350. The Bertz CT molecular complexity index is 572. The van der Waals surface area contributed by atoms with Crippen LogP contribution < -0.4 is 0 Å². The van der Waals surface area contributed by atoms with Crippen LogP contribution in [0.2, 0.25) is 0 Å². The Morgan fingerprint density at radius 1 is 0.727 bits per heavy atom. The second kappa shape index (κ2) is 7.96. The van der Waals surface area contributed by atoms with Crippen LogP contribution in [0.3, 0.4) is 0 Å². The fourth-order valence-electron chi connectivity index (χ4n) is 2.73. The van der Waals surface area contributed by atoms with Gasteiger partial charge >= 0.3 is 0 Å². The van der Waals surface area contributed by atoms with Gasteiger partial charge in [-0.25, -0.2) is 0 Å². The van der Waals surface area contributed by atoms with E-state index in [-0.39, 0.29) is 5.41 Å². The minimum atomic E-state index is -0.0192. The lowest BCUT2D eigenvalue weighted by molar-refractivity contribution is 0.492. The van der Waals surface area contributed by atoms with Crippen molar-refractivity contribution in [3.8, 4) is 0 Å². The summed E-state index contributed by atoms with van der Waals surface area (Å²) in [4.78, 5) is 0. The van der Waals surface area contributed by atoms with E-state index in [9.17, 15) is 0 Å². The van der Waals surface area contributed by atoms with Gasteiger partial charge in [0.15, 0.2) is 0 Å². The molecule has 0 aliphatic carbocycles. The molecule has 0 heterocycles. The van der Waals surface area contributed by atoms with Crippen molar-refractivity contribution < 1.29 is 0 Å². The fourth-order valence-corrected chi connectivity index (χ4v) is 5.32. The van der Waals surface area contributed by atoms with Crippen LogP contribution in [0, 0.1) is 0 Å². The van der Waals surface area contributed by atoms with Gasteiger partial charge in [-0.1, -0.05) is 90.4 Å². The third kappa shape index (κ3) is 4.46. The molecule has 22 heavy (non-hydrogen) atoms. The van der Waals surface area contributed by atoms with E-state index >= 15 is 0 Å². The van der Waals surface area contributed by atoms with Crippen molar-refractivity contribution in [1.29, 1.82) is 0 Å². The first-order valence-corrected chi connectivity index (χ1v) is 10.5. The molecule has 4 heteroatoms. The maximum Gasteiger partial charge on any atom is 0.0189 e. The molecule has 2 aromatic carbocycles. The number of hydrogen-bond acceptors (Lipinski definition) is 0. The van der Waals surface area contributed by atoms with Crippen molar-refractivity contribution in [3.63, 3.8) is 0 Å². The molecule has 0 aromatic heterocycles. The standard InChI is InChI=1S/C18H18Br4/c1-3-4-5-18(2,12-6-14(19)10-15(20)7-12)13-8-16(21)11-17(22)9-13/h6-11H,3-5H2,1-2H3. The summed E-state index contributed by atoms with van der Waals surface area (Å²) in [6.07, 6.45) is 3.51. The summed E-state index contributed by atoms with van der Waals surface area (Å²) in [6.45, 7) is 4.58. The highest BCUT2D eigenvalue weighted by atomic mass is 79.9. The summed E-state index contributed by atoms with van der Waals surface area (Å²) in [5, 5.41) is 0. The molecule has 0 atom stereocenters. The number of hydrogen-bond donors (Lipinski definition) is 0. The van der Waals surface area contributed by atoms with Crippen LogP contribution in [0.1, 0.15) is 44.2 Å². The Morgan fingerprint density at radius 2 is 1.09 bits per heavy atom. The molecule has 0 radical (unpaired) electrons. The maximum atomic E-state index is 3.63. The number of halogens is 4. The van der Waals surface area contributed by atoms with Gasteiger partial charge in [-0.3, -0.25) is 0 Å². The molecule has 0 spiro atoms. The Labute approximate surface area is 166 Å². The summed E-state index contributed by atoms with van der Waals surface area (Å²) in [5.74, 6) is 0. The highest BCUT2D eigenvalue weighted by molar-refractivity contribution is 9.11. The maximum absolute atomic E-state index is 3.63. The average molecular weight is 554 g/mol. The summed E-state index contributed by atoms with van der Waals surface area (Å²) in [7, 11) is 0. The number of rotatable bonds is 5. The Morgan fingerprint density at radius 3 is 1.41 bits per heavy atom. The first-order chi connectivity index (χ1) is 10.3. The van der Waals surface area contributed by atoms with Gasteiger partial charge in [0.05, 0.1) is 0 Å². The van der Waals surface area contributed by atoms with E-state index < -0.39 is 0 Å². The molecule has 0 saturated carbocycles. The molecule has 0 nitrogen and oxygen atoms in total. The smallest absolute Gasteiger partial charge is 0.0189 e. The molecule has 0 N–H and O–H groups in total. The van der Waals surface area contributed by atoms with Crippen LogP contribution in [-0.2, 0) is 5.41 Å². The number of benzene rings is 2. The number of unbranched alkanes of at least 4 members (excludes halogenated alkanes) is 1. The van der Waals surface area contributed by atoms with Gasteiger partial charge in [-0.15, -0.1) is 0 Å². The van der Waals surface area contributed by atoms with Crippen LogP contribution in [0.15, 0.2) is 54.3 Å². The lowest BCUT2D eigenvalue weighted by Gasteiger charge is -2.32. The largest absolute Gasteiger partial charge is 0.0654 e. The highest BCUT2D eigenvalue weighted by Gasteiger charge is 2.29. The zero-order valence-electron chi connectivity index (χ0n) is 12.6. The van der Waals surface area contributed by atoms with Gasteiger partial charge < -0.3 is 0 Å². The monoisotopic (exact) mass is 550 g/mol. The summed E-state index contributed by atoms with van der Waals surface area (Å²) in [6, 6.07) is 13.1. The summed E-state index contributed by atoms with van der Waals surface area (Å²) in [5.41, 5.74) is 2.63. The molecular formula is C18H18Br4. The SMILES string of the molecule is CCCCC(C)(c1cc(Br)cc(Br)c1)c1cc(Br)cc(Br)c1. The molecular weight excluding hydrogens is 536 g/mol. The molecule has 118 valence electrons. The van der Waals surface area contributed by atoms with Gasteiger partial charge in [-0.05, 0) is 53.9 Å². The lowest BCUT2D eigenvalue weighted by Crippen LogP contribution is -2.24. The van der Waals surface area contributed by atoms with Crippen LogP contribution in [0.25, 0.3) is 0 Å². The molecule has 0 aliphatic heterocycles. The molecule has 0 bridgehead atoms. The van der Waals surface area contributed by atoms with Crippen molar-refractivity contribution in [1.82, 2.24) is 0 Å². The van der Waals surface area contributed by atoms with Gasteiger partial charge in [0.2, 0.25) is 0 Å². The first-order valence-electron chi connectivity index (χ1n) is 7.28. The Balaban J connectivity index is 2.60. The van der Waals surface area contributed by atoms with Gasteiger partial charge in [0.25, 0.3) is 0 Å². The lowest BCUT2D eigenvalue weighted by atomic mass is 9.73. The van der Waals surface area contributed by atoms with Crippen molar-refractivity contribution in [2.24, 2.45) is 0 Å². The van der Waals surface area contributed by atoms with Crippen molar-refractivity contribution in [2.75, 3.05) is 0 Å². The third-order valence-corrected chi connectivity index (χ3v) is 5.86. The second-order valence-corrected chi connectivity index (χ2v) is 9.41. The molecule has 0 fully saturated rings. The second-order valence-electron chi connectivity index (χ2n) is 5.75. The van der Waals surface area contributed by atoms with E-state index in [1.807, 2.05) is 0 Å². The predicted octanol–water partition coefficient (Wildman–Crippen LogP) is 8.23. The van der Waals surface area contributed by atoms with E-state index in [0.717, 1.165) is 24.3 Å². The van der Waals surface area contributed by atoms with Crippen molar-refractivity contribution >= 4 is 63.7 Å². The van der Waals surface area contributed by atoms with Gasteiger partial charge in [0.1, 0.15) is 0 Å². The van der Waals surface area contributed by atoms with E-state index in [0.29, 0.717) is 0 Å².